The van der Waals surface area contributed by atoms with E-state index in [-0.39, 0.29) is 5.78 Å². The van der Waals surface area contributed by atoms with Gasteiger partial charge in [0.15, 0.2) is 5.78 Å². The fourth-order valence-corrected chi connectivity index (χ4v) is 1.87. The minimum atomic E-state index is -0.0320. The monoisotopic (exact) mass is 261 g/mol. The second-order valence-electron chi connectivity index (χ2n) is 4.73. The first-order valence-electron chi connectivity index (χ1n) is 6.40. The van der Waals surface area contributed by atoms with E-state index >= 15 is 0 Å². The molecular formula is C18H15NO. The van der Waals surface area contributed by atoms with E-state index in [0.29, 0.717) is 11.1 Å². The van der Waals surface area contributed by atoms with Crippen molar-refractivity contribution >= 4 is 11.9 Å². The number of allylic oxidation sites excluding steroid dienone is 1. The SMILES string of the molecule is Cc1ccc(C(=O)/C=C/c2cccc(C#N)c2)cc1C. The molecule has 0 fully saturated rings. The lowest BCUT2D eigenvalue weighted by Gasteiger charge is -2.02. The molecule has 0 radical (unpaired) electrons. The van der Waals surface area contributed by atoms with Crippen LogP contribution in [0.15, 0.2) is 48.5 Å². The van der Waals surface area contributed by atoms with Crippen molar-refractivity contribution in [3.05, 3.63) is 76.4 Å². The molecule has 0 saturated carbocycles. The van der Waals surface area contributed by atoms with Crippen molar-refractivity contribution < 1.29 is 4.79 Å². The molecule has 0 bridgehead atoms. The second-order valence-corrected chi connectivity index (χ2v) is 4.73. The van der Waals surface area contributed by atoms with Crippen LogP contribution in [-0.4, -0.2) is 5.78 Å². The minimum Gasteiger partial charge on any atom is -0.289 e. The van der Waals surface area contributed by atoms with Gasteiger partial charge in [0.05, 0.1) is 11.6 Å². The quantitative estimate of drug-likeness (QED) is 0.617. The zero-order valence-electron chi connectivity index (χ0n) is 11.6. The van der Waals surface area contributed by atoms with Crippen LogP contribution in [-0.2, 0) is 0 Å². The predicted octanol–water partition coefficient (Wildman–Crippen LogP) is 4.07. The van der Waals surface area contributed by atoms with Gasteiger partial charge >= 0.3 is 0 Å². The van der Waals surface area contributed by atoms with Gasteiger partial charge in [-0.3, -0.25) is 4.79 Å². The van der Waals surface area contributed by atoms with E-state index in [4.69, 9.17) is 5.26 Å². The van der Waals surface area contributed by atoms with Gasteiger partial charge in [-0.05, 0) is 54.8 Å². The summed E-state index contributed by atoms with van der Waals surface area (Å²) < 4.78 is 0. The van der Waals surface area contributed by atoms with Gasteiger partial charge in [-0.1, -0.05) is 30.3 Å². The molecule has 2 heteroatoms. The molecule has 2 aromatic carbocycles. The molecule has 0 atom stereocenters. The number of rotatable bonds is 3. The van der Waals surface area contributed by atoms with E-state index in [2.05, 4.69) is 6.07 Å². The maximum absolute atomic E-state index is 12.1. The normalized spacial score (nSPS) is 10.4. The maximum atomic E-state index is 12.1. The molecule has 0 N–H and O–H groups in total. The summed E-state index contributed by atoms with van der Waals surface area (Å²) in [6.07, 6.45) is 3.28. The zero-order chi connectivity index (χ0) is 14.5. The van der Waals surface area contributed by atoms with Gasteiger partial charge in [0, 0.05) is 5.56 Å². The third-order valence-electron chi connectivity index (χ3n) is 3.23. The Balaban J connectivity index is 2.20. The van der Waals surface area contributed by atoms with E-state index in [9.17, 15) is 4.79 Å². The van der Waals surface area contributed by atoms with Crippen LogP contribution < -0.4 is 0 Å². The fraction of sp³-hybridized carbons (Fsp3) is 0.111. The number of ketones is 1. The van der Waals surface area contributed by atoms with Crippen molar-refractivity contribution in [1.29, 1.82) is 5.26 Å². The Morgan fingerprint density at radius 2 is 1.90 bits per heavy atom. The number of carbonyl (C=O) groups excluding carboxylic acids is 1. The van der Waals surface area contributed by atoms with E-state index in [1.54, 1.807) is 30.4 Å². The molecule has 2 aromatic rings. The molecule has 20 heavy (non-hydrogen) atoms. The topological polar surface area (TPSA) is 40.9 Å². The van der Waals surface area contributed by atoms with Gasteiger partial charge < -0.3 is 0 Å². The van der Waals surface area contributed by atoms with E-state index in [0.717, 1.165) is 11.1 Å². The Kier molecular flexibility index (Phi) is 4.12. The van der Waals surface area contributed by atoms with Crippen molar-refractivity contribution in [3.63, 3.8) is 0 Å². The second kappa shape index (κ2) is 5.99. The summed E-state index contributed by atoms with van der Waals surface area (Å²) in [5.41, 5.74) is 4.40. The molecular weight excluding hydrogens is 246 g/mol. The van der Waals surface area contributed by atoms with Gasteiger partial charge in [0.2, 0.25) is 0 Å². The van der Waals surface area contributed by atoms with Crippen LogP contribution in [0.2, 0.25) is 0 Å². The number of benzene rings is 2. The number of aryl methyl sites for hydroxylation is 2. The van der Waals surface area contributed by atoms with Crippen LogP contribution in [0.4, 0.5) is 0 Å². The lowest BCUT2D eigenvalue weighted by atomic mass is 10.0. The average molecular weight is 261 g/mol. The predicted molar refractivity (Wildman–Crippen MR) is 80.4 cm³/mol. The molecule has 0 spiro atoms. The summed E-state index contributed by atoms with van der Waals surface area (Å²) in [6.45, 7) is 4.01. The Morgan fingerprint density at radius 3 is 2.60 bits per heavy atom. The summed E-state index contributed by atoms with van der Waals surface area (Å²) in [7, 11) is 0. The van der Waals surface area contributed by atoms with E-state index in [1.807, 2.05) is 38.1 Å². The molecule has 0 aliphatic rings. The standard InChI is InChI=1S/C18H15NO/c1-13-6-8-17(10-14(13)2)18(20)9-7-15-4-3-5-16(11-15)12-19/h3-11H,1-2H3/b9-7+. The number of nitriles is 1. The Morgan fingerprint density at radius 1 is 1.10 bits per heavy atom. The Hall–Kier alpha value is -2.66. The number of hydrogen-bond donors (Lipinski definition) is 0. The molecule has 0 aliphatic heterocycles. The lowest BCUT2D eigenvalue weighted by molar-refractivity contribution is 0.104. The van der Waals surface area contributed by atoms with Gasteiger partial charge in [-0.2, -0.15) is 5.26 Å². The molecule has 0 amide bonds. The summed E-state index contributed by atoms with van der Waals surface area (Å²) in [6, 6.07) is 14.9. The lowest BCUT2D eigenvalue weighted by Crippen LogP contribution is -1.95. The Bertz CT molecular complexity index is 720. The summed E-state index contributed by atoms with van der Waals surface area (Å²) in [5, 5.41) is 8.83. The van der Waals surface area contributed by atoms with Crippen molar-refractivity contribution in [2.45, 2.75) is 13.8 Å². The van der Waals surface area contributed by atoms with Crippen LogP contribution >= 0.6 is 0 Å². The molecule has 2 rings (SSSR count). The molecule has 98 valence electrons. The third-order valence-corrected chi connectivity index (χ3v) is 3.23. The van der Waals surface area contributed by atoms with Crippen LogP contribution in [0, 0.1) is 25.2 Å². The zero-order valence-corrected chi connectivity index (χ0v) is 11.6. The van der Waals surface area contributed by atoms with Gasteiger partial charge in [-0.25, -0.2) is 0 Å². The van der Waals surface area contributed by atoms with E-state index in [1.165, 1.54) is 5.56 Å². The highest BCUT2D eigenvalue weighted by Crippen LogP contribution is 2.12. The molecule has 2 nitrogen and oxygen atoms in total. The van der Waals surface area contributed by atoms with Crippen LogP contribution in [0.1, 0.15) is 32.6 Å². The highest BCUT2D eigenvalue weighted by atomic mass is 16.1. The first-order chi connectivity index (χ1) is 9.60. The summed E-state index contributed by atoms with van der Waals surface area (Å²) in [4.78, 5) is 12.1. The van der Waals surface area contributed by atoms with Crippen molar-refractivity contribution in [2.24, 2.45) is 0 Å². The average Bonchev–Trinajstić information content (AvgIpc) is 2.47. The maximum Gasteiger partial charge on any atom is 0.185 e. The van der Waals surface area contributed by atoms with Gasteiger partial charge in [0.25, 0.3) is 0 Å². The number of carbonyl (C=O) groups is 1. The third kappa shape index (κ3) is 3.21. The Labute approximate surface area is 119 Å². The summed E-state index contributed by atoms with van der Waals surface area (Å²) in [5.74, 6) is -0.0320. The van der Waals surface area contributed by atoms with Crippen molar-refractivity contribution in [3.8, 4) is 6.07 Å². The summed E-state index contributed by atoms with van der Waals surface area (Å²) >= 11 is 0. The van der Waals surface area contributed by atoms with Gasteiger partial charge in [-0.15, -0.1) is 0 Å². The van der Waals surface area contributed by atoms with Gasteiger partial charge in [0.1, 0.15) is 0 Å². The fourth-order valence-electron chi connectivity index (χ4n) is 1.87. The molecule has 0 unspecified atom stereocenters. The highest BCUT2D eigenvalue weighted by Gasteiger charge is 2.03. The first kappa shape index (κ1) is 13.8. The van der Waals surface area contributed by atoms with Crippen molar-refractivity contribution in [1.82, 2.24) is 0 Å². The number of hydrogen-bond acceptors (Lipinski definition) is 2. The highest BCUT2D eigenvalue weighted by molar-refractivity contribution is 6.06. The van der Waals surface area contributed by atoms with Crippen LogP contribution in [0.25, 0.3) is 6.08 Å². The van der Waals surface area contributed by atoms with Crippen molar-refractivity contribution in [2.75, 3.05) is 0 Å². The van der Waals surface area contributed by atoms with Crippen LogP contribution in [0.3, 0.4) is 0 Å². The van der Waals surface area contributed by atoms with Crippen LogP contribution in [0.5, 0.6) is 0 Å². The first-order valence-corrected chi connectivity index (χ1v) is 6.40. The largest absolute Gasteiger partial charge is 0.289 e. The molecule has 0 aliphatic carbocycles. The molecule has 0 heterocycles. The smallest absolute Gasteiger partial charge is 0.185 e. The van der Waals surface area contributed by atoms with E-state index < -0.39 is 0 Å². The molecule has 0 aromatic heterocycles. The molecule has 0 saturated heterocycles. The number of nitrogens with zero attached hydrogens (tertiary/aromatic N) is 1. The minimum absolute atomic E-state index is 0.0320.